The molecule has 1 amide bonds. The number of sulfone groups is 1. The topological polar surface area (TPSA) is 91.9 Å². The average molecular weight is 340 g/mol. The molecule has 22 heavy (non-hydrogen) atoms. The SMILES string of the molecule is O=C(N[C@@H]1CCS(=O)(=O)C1)c1cc(-c2ccccc2Cl)n[nH]1. The van der Waals surface area contributed by atoms with E-state index in [0.717, 1.165) is 5.56 Å². The van der Waals surface area contributed by atoms with Gasteiger partial charge in [0.1, 0.15) is 5.69 Å². The van der Waals surface area contributed by atoms with Gasteiger partial charge in [-0.2, -0.15) is 5.10 Å². The second kappa shape index (κ2) is 5.73. The Balaban J connectivity index is 1.74. The number of nitrogens with one attached hydrogen (secondary N) is 2. The van der Waals surface area contributed by atoms with Gasteiger partial charge in [0.15, 0.2) is 9.84 Å². The summed E-state index contributed by atoms with van der Waals surface area (Å²) < 4.78 is 22.8. The highest BCUT2D eigenvalue weighted by Gasteiger charge is 2.29. The second-order valence-electron chi connectivity index (χ2n) is 5.22. The maximum absolute atomic E-state index is 12.1. The summed E-state index contributed by atoms with van der Waals surface area (Å²) in [7, 11) is -3.02. The molecule has 8 heteroatoms. The molecule has 1 fully saturated rings. The van der Waals surface area contributed by atoms with Crippen molar-refractivity contribution in [1.29, 1.82) is 0 Å². The third-order valence-electron chi connectivity index (χ3n) is 3.54. The molecule has 2 heterocycles. The van der Waals surface area contributed by atoms with Crippen molar-refractivity contribution < 1.29 is 13.2 Å². The summed E-state index contributed by atoms with van der Waals surface area (Å²) in [5.74, 6) is -0.260. The van der Waals surface area contributed by atoms with Crippen molar-refractivity contribution in [2.75, 3.05) is 11.5 Å². The van der Waals surface area contributed by atoms with Crippen LogP contribution in [0.1, 0.15) is 16.9 Å². The Morgan fingerprint density at radius 1 is 1.36 bits per heavy atom. The first-order chi connectivity index (χ1) is 10.4. The third-order valence-corrected chi connectivity index (χ3v) is 5.64. The van der Waals surface area contributed by atoms with E-state index in [1.165, 1.54) is 0 Å². The average Bonchev–Trinajstić information content (AvgIpc) is 3.06. The highest BCUT2D eigenvalue weighted by atomic mass is 35.5. The molecule has 0 spiro atoms. The number of nitrogens with zero attached hydrogens (tertiary/aromatic N) is 1. The Bertz CT molecular complexity index is 816. The fraction of sp³-hybridized carbons (Fsp3) is 0.286. The second-order valence-corrected chi connectivity index (χ2v) is 7.86. The summed E-state index contributed by atoms with van der Waals surface area (Å²) in [5.41, 5.74) is 1.57. The predicted octanol–water partition coefficient (Wildman–Crippen LogP) is 1.65. The van der Waals surface area contributed by atoms with Gasteiger partial charge in [0.05, 0.1) is 22.2 Å². The quantitative estimate of drug-likeness (QED) is 0.889. The fourth-order valence-electron chi connectivity index (χ4n) is 2.42. The van der Waals surface area contributed by atoms with Crippen LogP contribution < -0.4 is 5.32 Å². The van der Waals surface area contributed by atoms with Crippen LogP contribution >= 0.6 is 11.6 Å². The van der Waals surface area contributed by atoms with Crippen LogP contribution in [0, 0.1) is 0 Å². The molecular formula is C14H14ClN3O3S. The van der Waals surface area contributed by atoms with E-state index < -0.39 is 9.84 Å². The van der Waals surface area contributed by atoms with E-state index in [1.807, 2.05) is 18.2 Å². The Kier molecular flexibility index (Phi) is 3.92. The lowest BCUT2D eigenvalue weighted by atomic mass is 10.1. The normalized spacial score (nSPS) is 20.0. The van der Waals surface area contributed by atoms with Gasteiger partial charge in [0.25, 0.3) is 5.91 Å². The van der Waals surface area contributed by atoms with Gasteiger partial charge in [-0.15, -0.1) is 0 Å². The van der Waals surface area contributed by atoms with E-state index in [-0.39, 0.29) is 29.1 Å². The van der Waals surface area contributed by atoms with Crippen molar-refractivity contribution in [3.8, 4) is 11.3 Å². The minimum absolute atomic E-state index is 0.00967. The zero-order chi connectivity index (χ0) is 15.7. The highest BCUT2D eigenvalue weighted by molar-refractivity contribution is 7.91. The smallest absolute Gasteiger partial charge is 0.269 e. The van der Waals surface area contributed by atoms with Gasteiger partial charge >= 0.3 is 0 Å². The Morgan fingerprint density at radius 2 is 2.14 bits per heavy atom. The summed E-state index contributed by atoms with van der Waals surface area (Å²) >= 11 is 6.10. The first-order valence-electron chi connectivity index (χ1n) is 6.76. The maximum atomic E-state index is 12.1. The van der Waals surface area contributed by atoms with Crippen molar-refractivity contribution in [3.05, 3.63) is 41.0 Å². The molecule has 0 unspecified atom stereocenters. The molecule has 0 radical (unpaired) electrons. The molecule has 116 valence electrons. The van der Waals surface area contributed by atoms with Gasteiger partial charge < -0.3 is 5.32 Å². The van der Waals surface area contributed by atoms with Crippen LogP contribution in [0.3, 0.4) is 0 Å². The molecule has 0 saturated carbocycles. The van der Waals surface area contributed by atoms with Gasteiger partial charge in [-0.25, -0.2) is 8.42 Å². The van der Waals surface area contributed by atoms with E-state index in [0.29, 0.717) is 17.1 Å². The predicted molar refractivity (Wildman–Crippen MR) is 83.6 cm³/mol. The van der Waals surface area contributed by atoms with E-state index >= 15 is 0 Å². The number of carbonyl (C=O) groups excluding carboxylic acids is 1. The zero-order valence-corrected chi connectivity index (χ0v) is 13.1. The Labute approximate surface area is 132 Å². The summed E-state index contributed by atoms with van der Waals surface area (Å²) in [4.78, 5) is 12.1. The number of amides is 1. The van der Waals surface area contributed by atoms with Crippen molar-refractivity contribution in [1.82, 2.24) is 15.5 Å². The fourth-order valence-corrected chi connectivity index (χ4v) is 4.32. The van der Waals surface area contributed by atoms with E-state index in [9.17, 15) is 13.2 Å². The molecule has 0 bridgehead atoms. The van der Waals surface area contributed by atoms with Crippen molar-refractivity contribution in [3.63, 3.8) is 0 Å². The number of halogens is 1. The number of hydrogen-bond acceptors (Lipinski definition) is 4. The molecule has 1 aliphatic heterocycles. The van der Waals surface area contributed by atoms with Crippen LogP contribution in [0.2, 0.25) is 5.02 Å². The van der Waals surface area contributed by atoms with Crippen molar-refractivity contribution >= 4 is 27.3 Å². The van der Waals surface area contributed by atoms with Crippen LogP contribution in [0.25, 0.3) is 11.3 Å². The summed E-state index contributed by atoms with van der Waals surface area (Å²) in [6, 6.07) is 8.45. The highest BCUT2D eigenvalue weighted by Crippen LogP contribution is 2.26. The maximum Gasteiger partial charge on any atom is 0.269 e. The summed E-state index contributed by atoms with van der Waals surface area (Å²) in [6.45, 7) is 0. The number of carbonyl (C=O) groups is 1. The lowest BCUT2D eigenvalue weighted by Gasteiger charge is -2.08. The van der Waals surface area contributed by atoms with Crippen molar-refractivity contribution in [2.45, 2.75) is 12.5 Å². The molecule has 1 aromatic heterocycles. The van der Waals surface area contributed by atoms with Gasteiger partial charge in [0.2, 0.25) is 0 Å². The Morgan fingerprint density at radius 3 is 2.82 bits per heavy atom. The molecule has 1 aliphatic rings. The third kappa shape index (κ3) is 3.15. The zero-order valence-electron chi connectivity index (χ0n) is 11.5. The van der Waals surface area contributed by atoms with E-state index in [4.69, 9.17) is 11.6 Å². The summed E-state index contributed by atoms with van der Waals surface area (Å²) in [6.07, 6.45) is 0.444. The van der Waals surface area contributed by atoms with Gasteiger partial charge in [-0.1, -0.05) is 29.8 Å². The first kappa shape index (κ1) is 15.1. The van der Waals surface area contributed by atoms with Gasteiger partial charge in [-0.05, 0) is 18.6 Å². The molecule has 2 aromatic rings. The van der Waals surface area contributed by atoms with Crippen LogP contribution in [-0.4, -0.2) is 42.1 Å². The van der Waals surface area contributed by atoms with Gasteiger partial charge in [-0.3, -0.25) is 9.89 Å². The molecule has 6 nitrogen and oxygen atoms in total. The molecule has 2 N–H and O–H groups in total. The first-order valence-corrected chi connectivity index (χ1v) is 8.96. The van der Waals surface area contributed by atoms with Gasteiger partial charge in [0, 0.05) is 11.6 Å². The number of aromatic nitrogens is 2. The number of H-pyrrole nitrogens is 1. The van der Waals surface area contributed by atoms with E-state index in [1.54, 1.807) is 12.1 Å². The van der Waals surface area contributed by atoms with Crippen LogP contribution in [0.5, 0.6) is 0 Å². The standard InChI is InChI=1S/C14H14ClN3O3S/c15-11-4-2-1-3-10(11)12-7-13(18-17-12)14(19)16-9-5-6-22(20,21)8-9/h1-4,7,9H,5-6,8H2,(H,16,19)(H,17,18)/t9-/m1/s1. The van der Waals surface area contributed by atoms with Crippen molar-refractivity contribution in [2.24, 2.45) is 0 Å². The monoisotopic (exact) mass is 339 g/mol. The van der Waals surface area contributed by atoms with Crippen LogP contribution in [0.4, 0.5) is 0 Å². The largest absolute Gasteiger partial charge is 0.347 e. The molecule has 1 saturated heterocycles. The minimum atomic E-state index is -3.02. The lowest BCUT2D eigenvalue weighted by Crippen LogP contribution is -2.35. The molecular weight excluding hydrogens is 326 g/mol. The molecule has 3 rings (SSSR count). The summed E-state index contributed by atoms with van der Waals surface area (Å²) in [5, 5.41) is 9.99. The molecule has 1 atom stereocenters. The minimum Gasteiger partial charge on any atom is -0.347 e. The number of aromatic amines is 1. The van der Waals surface area contributed by atoms with Crippen LogP contribution in [-0.2, 0) is 9.84 Å². The Hall–Kier alpha value is -1.86. The van der Waals surface area contributed by atoms with Crippen LogP contribution in [0.15, 0.2) is 30.3 Å². The molecule has 1 aromatic carbocycles. The lowest BCUT2D eigenvalue weighted by molar-refractivity contribution is 0.0936. The number of hydrogen-bond donors (Lipinski definition) is 2. The molecule has 0 aliphatic carbocycles. The van der Waals surface area contributed by atoms with E-state index in [2.05, 4.69) is 15.5 Å². The number of benzene rings is 1. The number of rotatable bonds is 3.